The van der Waals surface area contributed by atoms with Crippen LogP contribution in [0.3, 0.4) is 0 Å². The SMILES string of the molecule is C[C@@H](NC(=O)C[NH+]1CCC[C@H](C(N)=O)C1)c1ccc(Cl)c(Cl)c1. The van der Waals surface area contributed by atoms with Crippen molar-refractivity contribution in [1.29, 1.82) is 0 Å². The van der Waals surface area contributed by atoms with Crippen molar-refractivity contribution in [3.05, 3.63) is 33.8 Å². The Hall–Kier alpha value is -1.30. The largest absolute Gasteiger partial charge is 0.369 e. The number of nitrogens with two attached hydrogens (primary N) is 1. The van der Waals surface area contributed by atoms with Gasteiger partial charge in [-0.1, -0.05) is 29.3 Å². The smallest absolute Gasteiger partial charge is 0.275 e. The second-order valence-electron chi connectivity index (χ2n) is 6.09. The fourth-order valence-electron chi connectivity index (χ4n) is 2.94. The summed E-state index contributed by atoms with van der Waals surface area (Å²) >= 11 is 11.9. The number of amides is 2. The number of halogens is 2. The van der Waals surface area contributed by atoms with E-state index in [0.29, 0.717) is 23.1 Å². The van der Waals surface area contributed by atoms with E-state index in [9.17, 15) is 9.59 Å². The maximum Gasteiger partial charge on any atom is 0.275 e. The van der Waals surface area contributed by atoms with Gasteiger partial charge in [-0.15, -0.1) is 0 Å². The molecule has 0 saturated carbocycles. The average Bonchev–Trinajstić information content (AvgIpc) is 2.50. The van der Waals surface area contributed by atoms with Gasteiger partial charge in [0.1, 0.15) is 0 Å². The molecule has 2 rings (SSSR count). The van der Waals surface area contributed by atoms with Crippen LogP contribution < -0.4 is 16.0 Å². The topological polar surface area (TPSA) is 76.6 Å². The predicted octanol–water partition coefficient (Wildman–Crippen LogP) is 0.951. The number of carbonyl (C=O) groups is 2. The number of nitrogens with one attached hydrogen (secondary N) is 2. The molecule has 7 heteroatoms. The van der Waals surface area contributed by atoms with Crippen LogP contribution in [0.4, 0.5) is 0 Å². The second kappa shape index (κ2) is 7.99. The van der Waals surface area contributed by atoms with E-state index in [-0.39, 0.29) is 23.8 Å². The average molecular weight is 359 g/mol. The van der Waals surface area contributed by atoms with Crippen LogP contribution in [0.25, 0.3) is 0 Å². The fraction of sp³-hybridized carbons (Fsp3) is 0.500. The van der Waals surface area contributed by atoms with Crippen molar-refractivity contribution < 1.29 is 14.5 Å². The maximum atomic E-state index is 12.2. The summed E-state index contributed by atoms with van der Waals surface area (Å²) in [4.78, 5) is 24.6. The Kier molecular flexibility index (Phi) is 6.27. The molecule has 1 aliphatic rings. The minimum Gasteiger partial charge on any atom is -0.369 e. The first-order valence-electron chi connectivity index (χ1n) is 7.74. The lowest BCUT2D eigenvalue weighted by molar-refractivity contribution is -0.899. The second-order valence-corrected chi connectivity index (χ2v) is 6.90. The number of rotatable bonds is 5. The van der Waals surface area contributed by atoms with Crippen LogP contribution in [0.1, 0.15) is 31.4 Å². The van der Waals surface area contributed by atoms with Crippen LogP contribution in [0, 0.1) is 5.92 Å². The van der Waals surface area contributed by atoms with Crippen LogP contribution in [0.5, 0.6) is 0 Å². The van der Waals surface area contributed by atoms with Gasteiger partial charge in [0.25, 0.3) is 5.91 Å². The van der Waals surface area contributed by atoms with Gasteiger partial charge < -0.3 is 16.0 Å². The standard InChI is InChI=1S/C16H21Cl2N3O2/c1-10(11-4-5-13(17)14(18)7-11)20-15(22)9-21-6-2-3-12(8-21)16(19)23/h4-5,7,10,12H,2-3,6,8-9H2,1H3,(H2,19,23)(H,20,22)/p+1/t10-,12+/m1/s1. The monoisotopic (exact) mass is 358 g/mol. The Morgan fingerprint density at radius 2 is 2.13 bits per heavy atom. The van der Waals surface area contributed by atoms with Crippen LogP contribution in [0.15, 0.2) is 18.2 Å². The number of hydrogen-bond donors (Lipinski definition) is 3. The third-order valence-corrected chi connectivity index (χ3v) is 4.99. The van der Waals surface area contributed by atoms with E-state index in [2.05, 4.69) is 5.32 Å². The molecule has 1 saturated heterocycles. The third kappa shape index (κ3) is 5.09. The molecule has 0 bridgehead atoms. The molecular formula is C16H22Cl2N3O2+. The van der Waals surface area contributed by atoms with Crippen LogP contribution in [-0.4, -0.2) is 31.4 Å². The van der Waals surface area contributed by atoms with E-state index in [0.717, 1.165) is 29.8 Å². The van der Waals surface area contributed by atoms with Crippen molar-refractivity contribution in [1.82, 2.24) is 5.32 Å². The molecule has 1 heterocycles. The first kappa shape index (κ1) is 18.0. The zero-order valence-corrected chi connectivity index (χ0v) is 14.6. The number of carbonyl (C=O) groups excluding carboxylic acids is 2. The summed E-state index contributed by atoms with van der Waals surface area (Å²) < 4.78 is 0. The Bertz CT molecular complexity index is 595. The predicted molar refractivity (Wildman–Crippen MR) is 90.5 cm³/mol. The molecule has 0 radical (unpaired) electrons. The summed E-state index contributed by atoms with van der Waals surface area (Å²) in [6.07, 6.45) is 1.73. The number of benzene rings is 1. The molecule has 5 nitrogen and oxygen atoms in total. The molecule has 1 fully saturated rings. The zero-order valence-electron chi connectivity index (χ0n) is 13.1. The minimum atomic E-state index is -0.271. The summed E-state index contributed by atoms with van der Waals surface area (Å²) in [6.45, 7) is 3.76. The molecule has 1 unspecified atom stereocenters. The molecule has 23 heavy (non-hydrogen) atoms. The van der Waals surface area contributed by atoms with Gasteiger partial charge in [-0.05, 0) is 37.5 Å². The first-order valence-corrected chi connectivity index (χ1v) is 8.49. The summed E-state index contributed by atoms with van der Waals surface area (Å²) in [7, 11) is 0. The number of piperidine rings is 1. The van der Waals surface area contributed by atoms with E-state index in [1.165, 1.54) is 0 Å². The van der Waals surface area contributed by atoms with Crippen molar-refractivity contribution in [3.63, 3.8) is 0 Å². The highest BCUT2D eigenvalue weighted by Gasteiger charge is 2.28. The van der Waals surface area contributed by atoms with Crippen molar-refractivity contribution in [2.75, 3.05) is 19.6 Å². The molecule has 0 aliphatic carbocycles. The van der Waals surface area contributed by atoms with Gasteiger partial charge >= 0.3 is 0 Å². The fourth-order valence-corrected chi connectivity index (χ4v) is 3.25. The molecule has 1 aromatic carbocycles. The van der Waals surface area contributed by atoms with Gasteiger partial charge in [-0.25, -0.2) is 0 Å². The van der Waals surface area contributed by atoms with Crippen molar-refractivity contribution in [2.45, 2.75) is 25.8 Å². The highest BCUT2D eigenvalue weighted by atomic mass is 35.5. The number of quaternary nitrogens is 1. The summed E-state index contributed by atoms with van der Waals surface area (Å²) in [5, 5.41) is 3.92. The Labute approximate surface area is 146 Å². The normalized spacial score (nSPS) is 22.4. The van der Waals surface area contributed by atoms with Gasteiger partial charge in [-0.2, -0.15) is 0 Å². The van der Waals surface area contributed by atoms with Gasteiger partial charge in [-0.3, -0.25) is 9.59 Å². The molecular weight excluding hydrogens is 337 g/mol. The van der Waals surface area contributed by atoms with Crippen LogP contribution in [0.2, 0.25) is 10.0 Å². The zero-order chi connectivity index (χ0) is 17.0. The number of primary amides is 1. The Balaban J connectivity index is 1.88. The quantitative estimate of drug-likeness (QED) is 0.732. The first-order chi connectivity index (χ1) is 10.9. The summed E-state index contributed by atoms with van der Waals surface area (Å²) in [5.74, 6) is -0.450. The number of hydrogen-bond acceptors (Lipinski definition) is 2. The molecule has 1 aliphatic heterocycles. The molecule has 126 valence electrons. The Morgan fingerprint density at radius 3 is 2.78 bits per heavy atom. The molecule has 3 atom stereocenters. The van der Waals surface area contributed by atoms with Gasteiger partial charge in [0.05, 0.1) is 35.1 Å². The summed E-state index contributed by atoms with van der Waals surface area (Å²) in [5.41, 5.74) is 6.27. The van der Waals surface area contributed by atoms with Crippen LogP contribution >= 0.6 is 23.2 Å². The molecule has 4 N–H and O–H groups in total. The third-order valence-electron chi connectivity index (χ3n) is 4.25. The molecule has 1 aromatic rings. The summed E-state index contributed by atoms with van der Waals surface area (Å²) in [6, 6.07) is 5.16. The van der Waals surface area contributed by atoms with Crippen molar-refractivity contribution >= 4 is 35.0 Å². The van der Waals surface area contributed by atoms with Gasteiger partial charge in [0, 0.05) is 0 Å². The molecule has 0 aromatic heterocycles. The highest BCUT2D eigenvalue weighted by molar-refractivity contribution is 6.42. The Morgan fingerprint density at radius 1 is 1.39 bits per heavy atom. The van der Waals surface area contributed by atoms with Gasteiger partial charge in [0.15, 0.2) is 6.54 Å². The van der Waals surface area contributed by atoms with E-state index < -0.39 is 0 Å². The lowest BCUT2D eigenvalue weighted by atomic mass is 9.97. The van der Waals surface area contributed by atoms with Crippen LogP contribution in [-0.2, 0) is 9.59 Å². The van der Waals surface area contributed by atoms with Crippen molar-refractivity contribution in [2.24, 2.45) is 11.7 Å². The lowest BCUT2D eigenvalue weighted by Gasteiger charge is -2.28. The molecule has 2 amide bonds. The minimum absolute atomic E-state index is 0.0521. The van der Waals surface area contributed by atoms with E-state index in [1.807, 2.05) is 13.0 Å². The molecule has 0 spiro atoms. The van der Waals surface area contributed by atoms with E-state index >= 15 is 0 Å². The number of likely N-dealkylation sites (tertiary alicyclic amines) is 1. The lowest BCUT2D eigenvalue weighted by Crippen LogP contribution is -3.15. The van der Waals surface area contributed by atoms with E-state index in [1.54, 1.807) is 12.1 Å². The highest BCUT2D eigenvalue weighted by Crippen LogP contribution is 2.25. The van der Waals surface area contributed by atoms with E-state index in [4.69, 9.17) is 28.9 Å². The maximum absolute atomic E-state index is 12.2. The van der Waals surface area contributed by atoms with Crippen molar-refractivity contribution in [3.8, 4) is 0 Å². The van der Waals surface area contributed by atoms with Gasteiger partial charge in [0.2, 0.25) is 5.91 Å².